The van der Waals surface area contributed by atoms with Crippen molar-refractivity contribution >= 4 is 33.9 Å². The molecule has 1 heterocycles. The van der Waals surface area contributed by atoms with Gasteiger partial charge in [0.05, 0.1) is 11.2 Å². The molecule has 1 N–H and O–H groups in total. The van der Waals surface area contributed by atoms with E-state index in [0.29, 0.717) is 16.6 Å². The number of hydroxylamine groups is 1. The number of nitrogens with zero attached hydrogens (tertiary/aromatic N) is 2. The first kappa shape index (κ1) is 13.5. The maximum absolute atomic E-state index is 10.7. The van der Waals surface area contributed by atoms with Crippen molar-refractivity contribution in [1.29, 1.82) is 0 Å². The molecule has 0 saturated heterocycles. The lowest BCUT2D eigenvalue weighted by Gasteiger charge is -2.20. The lowest BCUT2D eigenvalue weighted by Crippen LogP contribution is -2.19. The summed E-state index contributed by atoms with van der Waals surface area (Å²) in [6.45, 7) is -0.162. The second-order valence-corrected chi connectivity index (χ2v) is 4.38. The zero-order valence-corrected chi connectivity index (χ0v) is 10.8. The fourth-order valence-corrected chi connectivity index (χ4v) is 2.16. The molecule has 8 heteroatoms. The summed E-state index contributed by atoms with van der Waals surface area (Å²) in [5.41, 5.74) is 1.22. The van der Waals surface area contributed by atoms with Crippen LogP contribution in [0.15, 0.2) is 30.5 Å². The highest BCUT2D eigenvalue weighted by Gasteiger charge is 2.11. The first-order valence-electron chi connectivity index (χ1n) is 5.30. The summed E-state index contributed by atoms with van der Waals surface area (Å²) in [4.78, 5) is 10.7. The number of carbonyl (C=O) groups is 1. The predicted molar refractivity (Wildman–Crippen MR) is 68.0 cm³/mol. The van der Waals surface area contributed by atoms with Gasteiger partial charge in [-0.3, -0.25) is 4.79 Å². The molecule has 1 aromatic carbocycles. The Morgan fingerprint density at radius 1 is 1.53 bits per heavy atom. The second-order valence-electron chi connectivity index (χ2n) is 3.82. The normalized spacial score (nSPS) is 12.5. The standard InChI is InChI=1S/C11H12N2O5S/c1-12(18-19(16)17)9-3-2-4-10-8(9)5-6-13(10)7-11(14)15/h2-6H,7H2,1H3,(H,14,15)(H,16,17)/p-1. The van der Waals surface area contributed by atoms with Crippen molar-refractivity contribution in [2.24, 2.45) is 0 Å². The minimum Gasteiger partial charge on any atom is -0.748 e. The molecule has 0 amide bonds. The number of hydrogen-bond acceptors (Lipinski definition) is 5. The van der Waals surface area contributed by atoms with Gasteiger partial charge in [0.2, 0.25) is 0 Å². The molecule has 0 spiro atoms. The minimum absolute atomic E-state index is 0.162. The molecule has 2 aromatic rings. The van der Waals surface area contributed by atoms with Crippen LogP contribution in [0.25, 0.3) is 10.9 Å². The van der Waals surface area contributed by atoms with E-state index < -0.39 is 17.3 Å². The number of aliphatic carboxylic acids is 1. The zero-order valence-electron chi connectivity index (χ0n) is 9.98. The predicted octanol–water partition coefficient (Wildman–Crippen LogP) is 0.888. The molecule has 0 radical (unpaired) electrons. The largest absolute Gasteiger partial charge is 0.748 e. The van der Waals surface area contributed by atoms with Crippen LogP contribution in [0, 0.1) is 0 Å². The van der Waals surface area contributed by atoms with Crippen molar-refractivity contribution in [2.75, 3.05) is 12.1 Å². The number of anilines is 1. The van der Waals surface area contributed by atoms with Crippen molar-refractivity contribution in [3.63, 3.8) is 0 Å². The van der Waals surface area contributed by atoms with E-state index >= 15 is 0 Å². The molecule has 2 rings (SSSR count). The van der Waals surface area contributed by atoms with E-state index in [2.05, 4.69) is 4.28 Å². The summed E-state index contributed by atoms with van der Waals surface area (Å²) in [5, 5.41) is 10.6. The molecule has 0 bridgehead atoms. The van der Waals surface area contributed by atoms with Gasteiger partial charge in [0, 0.05) is 18.6 Å². The van der Waals surface area contributed by atoms with Crippen molar-refractivity contribution in [2.45, 2.75) is 6.54 Å². The van der Waals surface area contributed by atoms with Gasteiger partial charge >= 0.3 is 5.97 Å². The quantitative estimate of drug-likeness (QED) is 0.646. The first-order chi connectivity index (χ1) is 8.99. The van der Waals surface area contributed by atoms with Crippen LogP contribution in [0.2, 0.25) is 0 Å². The van der Waals surface area contributed by atoms with Crippen molar-refractivity contribution in [1.82, 2.24) is 4.57 Å². The molecular weight excluding hydrogens is 272 g/mol. The minimum atomic E-state index is -2.67. The molecule has 1 aromatic heterocycles. The summed E-state index contributed by atoms with van der Waals surface area (Å²) < 4.78 is 27.2. The third-order valence-corrected chi connectivity index (χ3v) is 2.95. The Bertz CT molecular complexity index is 639. The van der Waals surface area contributed by atoms with Crippen LogP contribution in [0.3, 0.4) is 0 Å². The Balaban J connectivity index is 2.44. The Labute approximate surface area is 111 Å². The fourth-order valence-electron chi connectivity index (χ4n) is 1.90. The zero-order chi connectivity index (χ0) is 14.0. The maximum Gasteiger partial charge on any atom is 0.323 e. The van der Waals surface area contributed by atoms with E-state index in [1.165, 1.54) is 7.05 Å². The van der Waals surface area contributed by atoms with Gasteiger partial charge in [-0.1, -0.05) is 6.07 Å². The highest BCUT2D eigenvalue weighted by atomic mass is 32.2. The van der Waals surface area contributed by atoms with Crippen molar-refractivity contribution < 1.29 is 22.9 Å². The maximum atomic E-state index is 10.7. The molecule has 1 unspecified atom stereocenters. The van der Waals surface area contributed by atoms with E-state index in [4.69, 9.17) is 5.11 Å². The molecule has 0 aliphatic rings. The lowest BCUT2D eigenvalue weighted by atomic mass is 10.2. The van der Waals surface area contributed by atoms with E-state index in [9.17, 15) is 13.6 Å². The summed E-state index contributed by atoms with van der Waals surface area (Å²) in [6.07, 6.45) is 1.63. The van der Waals surface area contributed by atoms with Crippen LogP contribution >= 0.6 is 0 Å². The topological polar surface area (TPSA) is 94.8 Å². The molecule has 0 aliphatic heterocycles. The summed E-state index contributed by atoms with van der Waals surface area (Å²) in [5.74, 6) is -0.951. The molecule has 0 saturated carbocycles. The van der Waals surface area contributed by atoms with Gasteiger partial charge in [0.25, 0.3) is 0 Å². The Morgan fingerprint density at radius 3 is 2.89 bits per heavy atom. The van der Waals surface area contributed by atoms with Crippen molar-refractivity contribution in [3.05, 3.63) is 30.5 Å². The third-order valence-electron chi connectivity index (χ3n) is 2.61. The average molecular weight is 283 g/mol. The number of rotatable bonds is 5. The van der Waals surface area contributed by atoms with E-state index in [1.807, 2.05) is 0 Å². The van der Waals surface area contributed by atoms with Crippen LogP contribution in [-0.2, 0) is 27.0 Å². The van der Waals surface area contributed by atoms with Gasteiger partial charge in [-0.25, -0.2) is 9.27 Å². The van der Waals surface area contributed by atoms with E-state index in [1.54, 1.807) is 35.0 Å². The number of hydrogen-bond donors (Lipinski definition) is 1. The third kappa shape index (κ3) is 2.92. The molecule has 19 heavy (non-hydrogen) atoms. The SMILES string of the molecule is CN(OS(=O)[O-])c1cccc2c1ccn2CC(=O)O. The molecule has 102 valence electrons. The lowest BCUT2D eigenvalue weighted by molar-refractivity contribution is -0.137. The summed E-state index contributed by atoms with van der Waals surface area (Å²) in [6, 6.07) is 6.84. The molecule has 7 nitrogen and oxygen atoms in total. The monoisotopic (exact) mass is 283 g/mol. The van der Waals surface area contributed by atoms with Crippen LogP contribution in [0.5, 0.6) is 0 Å². The van der Waals surface area contributed by atoms with Gasteiger partial charge in [0.15, 0.2) is 0 Å². The molecule has 1 atom stereocenters. The summed E-state index contributed by atoms with van der Waals surface area (Å²) in [7, 11) is 1.46. The molecule has 0 fully saturated rings. The highest BCUT2D eigenvalue weighted by molar-refractivity contribution is 7.74. The van der Waals surface area contributed by atoms with Crippen LogP contribution < -0.4 is 5.06 Å². The Morgan fingerprint density at radius 2 is 2.26 bits per heavy atom. The number of aromatic nitrogens is 1. The number of carboxylic acids is 1. The van der Waals surface area contributed by atoms with E-state index in [0.717, 1.165) is 5.06 Å². The van der Waals surface area contributed by atoms with Gasteiger partial charge < -0.3 is 14.2 Å². The number of fused-ring (bicyclic) bond motifs is 1. The van der Waals surface area contributed by atoms with Gasteiger partial charge in [0.1, 0.15) is 17.9 Å². The Hall–Kier alpha value is -1.90. The van der Waals surface area contributed by atoms with Crippen LogP contribution in [0.4, 0.5) is 5.69 Å². The smallest absolute Gasteiger partial charge is 0.323 e. The fraction of sp³-hybridized carbons (Fsp3) is 0.182. The number of benzene rings is 1. The van der Waals surface area contributed by atoms with Gasteiger partial charge in [-0.15, -0.1) is 0 Å². The molecule has 0 aliphatic carbocycles. The van der Waals surface area contributed by atoms with E-state index in [-0.39, 0.29) is 6.54 Å². The van der Waals surface area contributed by atoms with Crippen molar-refractivity contribution in [3.8, 4) is 0 Å². The highest BCUT2D eigenvalue weighted by Crippen LogP contribution is 2.27. The summed E-state index contributed by atoms with van der Waals surface area (Å²) >= 11 is -2.67. The average Bonchev–Trinajstić information content (AvgIpc) is 2.70. The van der Waals surface area contributed by atoms with Crippen LogP contribution in [-0.4, -0.2) is 31.5 Å². The molecular formula is C11H11N2O5S-. The van der Waals surface area contributed by atoms with Gasteiger partial charge in [-0.05, 0) is 18.2 Å². The second kappa shape index (κ2) is 5.39. The first-order valence-corrected chi connectivity index (χ1v) is 6.30. The van der Waals surface area contributed by atoms with Gasteiger partial charge in [-0.2, -0.15) is 4.28 Å². The van der Waals surface area contributed by atoms with Crippen LogP contribution in [0.1, 0.15) is 0 Å². The number of carboxylic acid groups (broad SMARTS) is 1. The Kier molecular flexibility index (Phi) is 3.84.